The van der Waals surface area contributed by atoms with Gasteiger partial charge < -0.3 is 15.2 Å². The number of hydrogen-bond acceptors (Lipinski definition) is 3. The van der Waals surface area contributed by atoms with E-state index in [1.54, 1.807) is 7.11 Å². The summed E-state index contributed by atoms with van der Waals surface area (Å²) in [7, 11) is 1.78. The predicted molar refractivity (Wildman–Crippen MR) is 57.3 cm³/mol. The lowest BCUT2D eigenvalue weighted by Gasteiger charge is -2.35. The second-order valence-corrected chi connectivity index (χ2v) is 4.22. The number of hydrogen-bond donors (Lipinski definition) is 2. The minimum Gasteiger partial charge on any atom is -0.396 e. The van der Waals surface area contributed by atoms with Gasteiger partial charge in [-0.25, -0.2) is 0 Å². The molecule has 1 unspecified atom stereocenters. The van der Waals surface area contributed by atoms with Crippen LogP contribution in [0.1, 0.15) is 32.6 Å². The molecule has 2 N–H and O–H groups in total. The lowest BCUT2D eigenvalue weighted by molar-refractivity contribution is 0.0161. The van der Waals surface area contributed by atoms with Crippen molar-refractivity contribution in [3.63, 3.8) is 0 Å². The van der Waals surface area contributed by atoms with E-state index in [9.17, 15) is 0 Å². The Morgan fingerprint density at radius 1 is 1.50 bits per heavy atom. The molecule has 0 aromatic rings. The predicted octanol–water partition coefficient (Wildman–Crippen LogP) is 1.16. The largest absolute Gasteiger partial charge is 0.396 e. The van der Waals surface area contributed by atoms with Gasteiger partial charge in [0.15, 0.2) is 0 Å². The molecule has 0 aliphatic heterocycles. The molecule has 1 fully saturated rings. The Bertz CT molecular complexity index is 146. The first-order valence-electron chi connectivity index (χ1n) is 5.67. The Morgan fingerprint density at radius 2 is 2.21 bits per heavy atom. The van der Waals surface area contributed by atoms with E-state index in [1.165, 1.54) is 0 Å². The maximum Gasteiger partial charge on any atom is 0.0601 e. The van der Waals surface area contributed by atoms with Crippen molar-refractivity contribution in [3.8, 4) is 0 Å². The monoisotopic (exact) mass is 201 g/mol. The lowest BCUT2D eigenvalue weighted by Crippen LogP contribution is -2.46. The highest BCUT2D eigenvalue weighted by atomic mass is 16.5. The van der Waals surface area contributed by atoms with Crippen LogP contribution in [0.5, 0.6) is 0 Å². The van der Waals surface area contributed by atoms with E-state index in [0.29, 0.717) is 24.7 Å². The molecule has 0 saturated heterocycles. The molecule has 0 bridgehead atoms. The van der Waals surface area contributed by atoms with Crippen LogP contribution in [0.4, 0.5) is 0 Å². The highest BCUT2D eigenvalue weighted by Crippen LogP contribution is 2.22. The molecule has 1 saturated carbocycles. The van der Waals surface area contributed by atoms with Crippen molar-refractivity contribution in [1.29, 1.82) is 0 Å². The average molecular weight is 201 g/mol. The molecule has 0 radical (unpaired) electrons. The first-order chi connectivity index (χ1) is 6.80. The molecule has 1 atom stereocenters. The van der Waals surface area contributed by atoms with Crippen LogP contribution in [0.2, 0.25) is 0 Å². The van der Waals surface area contributed by atoms with E-state index in [-0.39, 0.29) is 0 Å². The van der Waals surface area contributed by atoms with Crippen LogP contribution in [0.25, 0.3) is 0 Å². The summed E-state index contributed by atoms with van der Waals surface area (Å²) in [5.74, 6) is 0.626. The maximum absolute atomic E-state index is 8.84. The van der Waals surface area contributed by atoms with Gasteiger partial charge in [-0.05, 0) is 31.7 Å². The maximum atomic E-state index is 8.84. The van der Waals surface area contributed by atoms with Crippen molar-refractivity contribution in [2.75, 3.05) is 20.3 Å². The number of aliphatic hydroxyl groups excluding tert-OH is 1. The van der Waals surface area contributed by atoms with Crippen LogP contribution in [-0.2, 0) is 4.74 Å². The summed E-state index contributed by atoms with van der Waals surface area (Å²) in [6.07, 6.45) is 4.83. The molecule has 0 heterocycles. The molecule has 1 aliphatic rings. The van der Waals surface area contributed by atoms with Gasteiger partial charge in [0.05, 0.1) is 6.10 Å². The highest BCUT2D eigenvalue weighted by Gasteiger charge is 2.28. The first kappa shape index (κ1) is 12.0. The van der Waals surface area contributed by atoms with Crippen LogP contribution >= 0.6 is 0 Å². The summed E-state index contributed by atoms with van der Waals surface area (Å²) in [6, 6.07) is 0.646. The van der Waals surface area contributed by atoms with E-state index >= 15 is 0 Å². The highest BCUT2D eigenvalue weighted by molar-refractivity contribution is 4.86. The standard InChI is InChI=1S/C11H23NO2/c1-3-9(4-5-13)8-12-10-6-11(7-10)14-2/h9-13H,3-8H2,1-2H3. The fourth-order valence-electron chi connectivity index (χ4n) is 1.89. The quantitative estimate of drug-likeness (QED) is 0.649. The zero-order valence-corrected chi connectivity index (χ0v) is 9.33. The van der Waals surface area contributed by atoms with Crippen LogP contribution in [0.3, 0.4) is 0 Å². The van der Waals surface area contributed by atoms with Crippen molar-refractivity contribution in [2.24, 2.45) is 5.92 Å². The van der Waals surface area contributed by atoms with Gasteiger partial charge in [-0.15, -0.1) is 0 Å². The summed E-state index contributed by atoms with van der Waals surface area (Å²) < 4.78 is 5.22. The third-order valence-corrected chi connectivity index (χ3v) is 3.24. The van der Waals surface area contributed by atoms with E-state index in [1.807, 2.05) is 0 Å². The molecule has 0 aromatic heterocycles. The van der Waals surface area contributed by atoms with Crippen molar-refractivity contribution >= 4 is 0 Å². The summed E-state index contributed by atoms with van der Waals surface area (Å²) in [5, 5.41) is 12.4. The van der Waals surface area contributed by atoms with Gasteiger partial charge >= 0.3 is 0 Å². The van der Waals surface area contributed by atoms with E-state index in [0.717, 1.165) is 32.2 Å². The van der Waals surface area contributed by atoms with Gasteiger partial charge in [-0.2, -0.15) is 0 Å². The Morgan fingerprint density at radius 3 is 2.71 bits per heavy atom. The molecule has 1 aliphatic carbocycles. The van der Waals surface area contributed by atoms with Crippen molar-refractivity contribution in [3.05, 3.63) is 0 Å². The van der Waals surface area contributed by atoms with Gasteiger partial charge in [-0.3, -0.25) is 0 Å². The number of rotatable bonds is 7. The molecule has 0 spiro atoms. The average Bonchev–Trinajstić information content (AvgIpc) is 2.14. The van der Waals surface area contributed by atoms with Gasteiger partial charge in [-0.1, -0.05) is 13.3 Å². The SMILES string of the molecule is CCC(CCO)CNC1CC(OC)C1. The van der Waals surface area contributed by atoms with Crippen LogP contribution < -0.4 is 5.32 Å². The summed E-state index contributed by atoms with van der Waals surface area (Å²) in [5.41, 5.74) is 0. The van der Waals surface area contributed by atoms with Crippen molar-refractivity contribution < 1.29 is 9.84 Å². The molecular formula is C11H23NO2. The van der Waals surface area contributed by atoms with Crippen LogP contribution in [0, 0.1) is 5.92 Å². The number of methoxy groups -OCH3 is 1. The van der Waals surface area contributed by atoms with Crippen molar-refractivity contribution in [2.45, 2.75) is 44.8 Å². The minimum absolute atomic E-state index is 0.311. The first-order valence-corrected chi connectivity index (χ1v) is 5.67. The summed E-state index contributed by atoms with van der Waals surface area (Å²) in [6.45, 7) is 3.53. The Kier molecular flexibility index (Phi) is 5.45. The number of aliphatic hydroxyl groups is 1. The lowest BCUT2D eigenvalue weighted by atomic mass is 9.88. The smallest absolute Gasteiger partial charge is 0.0601 e. The summed E-state index contributed by atoms with van der Waals surface area (Å²) in [4.78, 5) is 0. The molecule has 84 valence electrons. The fourth-order valence-corrected chi connectivity index (χ4v) is 1.89. The second kappa shape index (κ2) is 6.38. The Labute approximate surface area is 86.8 Å². The molecule has 0 amide bonds. The topological polar surface area (TPSA) is 41.5 Å². The zero-order valence-electron chi connectivity index (χ0n) is 9.33. The molecule has 3 nitrogen and oxygen atoms in total. The van der Waals surface area contributed by atoms with Gasteiger partial charge in [0.25, 0.3) is 0 Å². The van der Waals surface area contributed by atoms with E-state index in [4.69, 9.17) is 9.84 Å². The van der Waals surface area contributed by atoms with E-state index < -0.39 is 0 Å². The minimum atomic E-state index is 0.311. The van der Waals surface area contributed by atoms with Crippen molar-refractivity contribution in [1.82, 2.24) is 5.32 Å². The second-order valence-electron chi connectivity index (χ2n) is 4.22. The normalized spacial score (nSPS) is 28.5. The Hall–Kier alpha value is -0.120. The molecule has 3 heteroatoms. The number of ether oxygens (including phenoxy) is 1. The molecule has 0 aromatic carbocycles. The van der Waals surface area contributed by atoms with Gasteiger partial charge in [0.1, 0.15) is 0 Å². The number of nitrogens with one attached hydrogen (secondary N) is 1. The third-order valence-electron chi connectivity index (χ3n) is 3.24. The van der Waals surface area contributed by atoms with E-state index in [2.05, 4.69) is 12.2 Å². The third kappa shape index (κ3) is 3.56. The molecular weight excluding hydrogens is 178 g/mol. The van der Waals surface area contributed by atoms with Crippen LogP contribution in [0.15, 0.2) is 0 Å². The Balaban J connectivity index is 2.02. The zero-order chi connectivity index (χ0) is 10.4. The van der Waals surface area contributed by atoms with Crippen LogP contribution in [-0.4, -0.2) is 37.5 Å². The van der Waals surface area contributed by atoms with Gasteiger partial charge in [0, 0.05) is 19.8 Å². The summed E-state index contributed by atoms with van der Waals surface area (Å²) >= 11 is 0. The molecule has 14 heavy (non-hydrogen) atoms. The van der Waals surface area contributed by atoms with Gasteiger partial charge in [0.2, 0.25) is 0 Å². The molecule has 1 rings (SSSR count). The fraction of sp³-hybridized carbons (Fsp3) is 1.00.